The van der Waals surface area contributed by atoms with E-state index < -0.39 is 5.97 Å². The molecule has 1 aliphatic rings. The number of carboxylic acids is 1. The molecule has 0 atom stereocenters. The minimum atomic E-state index is -1.23. The second-order valence-corrected chi connectivity index (χ2v) is 1.14. The number of aliphatic carboxylic acids is 1. The first kappa shape index (κ1) is 7.17. The van der Waals surface area contributed by atoms with Crippen LogP contribution < -0.4 is 5.11 Å². The monoisotopic (exact) mass is 115 g/mol. The Morgan fingerprint density at radius 1 is 1.75 bits per heavy atom. The number of carboxylic acid groups (broad SMARTS) is 1. The normalized spacial score (nSPS) is 13.0. The first-order valence-corrected chi connectivity index (χ1v) is 2.18. The number of hydrogen-bond acceptors (Lipinski definition) is 3. The average molecular weight is 115 g/mol. The smallest absolute Gasteiger partial charge is 0.0701 e. The Balaban J connectivity index is 0.000000135. The maximum absolute atomic E-state index is 9.14. The van der Waals surface area contributed by atoms with Crippen molar-refractivity contribution >= 4 is 5.97 Å². The van der Waals surface area contributed by atoms with Gasteiger partial charge < -0.3 is 14.6 Å². The maximum atomic E-state index is 9.14. The molecule has 0 aromatic heterocycles. The second-order valence-electron chi connectivity index (χ2n) is 1.14. The van der Waals surface area contributed by atoms with Gasteiger partial charge >= 0.3 is 0 Å². The zero-order valence-corrected chi connectivity index (χ0v) is 4.42. The van der Waals surface area contributed by atoms with Crippen LogP contribution in [0, 0.1) is 0 Å². The number of carbonyl (C=O) groups excluding carboxylic acids is 1. The molecular formula is C5H7O3-. The highest BCUT2D eigenvalue weighted by atomic mass is 16.6. The van der Waals surface area contributed by atoms with Gasteiger partial charge in [0.2, 0.25) is 0 Å². The lowest BCUT2D eigenvalue weighted by Crippen LogP contribution is -2.17. The van der Waals surface area contributed by atoms with Gasteiger partial charge in [-0.25, -0.2) is 0 Å². The van der Waals surface area contributed by atoms with Crippen LogP contribution in [0.2, 0.25) is 0 Å². The highest BCUT2D eigenvalue weighted by Gasteiger charge is 1.94. The molecule has 0 amide bonds. The Hall–Kier alpha value is -0.830. The van der Waals surface area contributed by atoms with Crippen LogP contribution in [-0.2, 0) is 9.53 Å². The van der Waals surface area contributed by atoms with Gasteiger partial charge in [-0.15, -0.1) is 0 Å². The van der Waals surface area contributed by atoms with Crippen molar-refractivity contribution in [2.45, 2.75) is 0 Å². The standard InChI is InChI=1S/C3H4O2.C2H4O/c1-2-3(4)5;1-2-3-1/h2H,1H2,(H,4,5);1-2H2/p-1. The van der Waals surface area contributed by atoms with E-state index in [1.807, 2.05) is 0 Å². The summed E-state index contributed by atoms with van der Waals surface area (Å²) < 4.78 is 4.50. The Bertz CT molecular complexity index is 82.9. The summed E-state index contributed by atoms with van der Waals surface area (Å²) in [5.41, 5.74) is 0. The topological polar surface area (TPSA) is 52.7 Å². The molecule has 0 unspecified atom stereocenters. The van der Waals surface area contributed by atoms with Crippen molar-refractivity contribution in [3.05, 3.63) is 12.7 Å². The molecule has 1 heterocycles. The van der Waals surface area contributed by atoms with Crippen molar-refractivity contribution in [1.29, 1.82) is 0 Å². The van der Waals surface area contributed by atoms with E-state index in [0.29, 0.717) is 0 Å². The summed E-state index contributed by atoms with van der Waals surface area (Å²) >= 11 is 0. The fourth-order valence-electron chi connectivity index (χ4n) is 0. The zero-order chi connectivity index (χ0) is 6.41. The molecule has 46 valence electrons. The largest absolute Gasteiger partial charge is 0.545 e. The second kappa shape index (κ2) is 4.33. The van der Waals surface area contributed by atoms with Gasteiger partial charge in [0.1, 0.15) is 0 Å². The van der Waals surface area contributed by atoms with Crippen LogP contribution >= 0.6 is 0 Å². The van der Waals surface area contributed by atoms with E-state index in [1.54, 1.807) is 0 Å². The molecule has 1 aliphatic heterocycles. The summed E-state index contributed by atoms with van der Waals surface area (Å²) in [5, 5.41) is 9.14. The van der Waals surface area contributed by atoms with Crippen molar-refractivity contribution in [3.63, 3.8) is 0 Å². The highest BCUT2D eigenvalue weighted by Crippen LogP contribution is 1.84. The van der Waals surface area contributed by atoms with Crippen LogP contribution in [0.5, 0.6) is 0 Å². The first-order valence-electron chi connectivity index (χ1n) is 2.18. The maximum Gasteiger partial charge on any atom is 0.0701 e. The third-order valence-corrected chi connectivity index (χ3v) is 0.371. The van der Waals surface area contributed by atoms with Crippen molar-refractivity contribution in [2.24, 2.45) is 0 Å². The molecule has 3 heteroatoms. The van der Waals surface area contributed by atoms with E-state index in [4.69, 9.17) is 9.90 Å². The predicted octanol–water partition coefficient (Wildman–Crippen LogP) is -1.06. The first-order chi connectivity index (χ1) is 3.77. The molecule has 0 N–H and O–H groups in total. The van der Waals surface area contributed by atoms with Crippen LogP contribution in [-0.4, -0.2) is 19.2 Å². The van der Waals surface area contributed by atoms with Crippen molar-refractivity contribution in [1.82, 2.24) is 0 Å². The summed E-state index contributed by atoms with van der Waals surface area (Å²) in [6.07, 6.45) is 0.722. The molecule has 1 saturated heterocycles. The van der Waals surface area contributed by atoms with Gasteiger partial charge in [0, 0.05) is 0 Å². The van der Waals surface area contributed by atoms with Gasteiger partial charge in [0.15, 0.2) is 0 Å². The molecule has 0 aromatic rings. The summed E-state index contributed by atoms with van der Waals surface area (Å²) in [7, 11) is 0. The SMILES string of the molecule is C1CO1.C=CC(=O)[O-]. The van der Waals surface area contributed by atoms with Crippen molar-refractivity contribution in [3.8, 4) is 0 Å². The van der Waals surface area contributed by atoms with Crippen molar-refractivity contribution in [2.75, 3.05) is 13.2 Å². The predicted molar refractivity (Wildman–Crippen MR) is 26.0 cm³/mol. The fraction of sp³-hybridized carbons (Fsp3) is 0.400. The summed E-state index contributed by atoms with van der Waals surface area (Å²) in [6.45, 7) is 4.90. The Kier molecular flexibility index (Phi) is 3.88. The lowest BCUT2D eigenvalue weighted by atomic mass is 10.7. The third-order valence-electron chi connectivity index (χ3n) is 0.371. The van der Waals surface area contributed by atoms with Crippen LogP contribution in [0.15, 0.2) is 12.7 Å². The number of rotatable bonds is 1. The van der Waals surface area contributed by atoms with E-state index in [9.17, 15) is 0 Å². The quantitative estimate of drug-likeness (QED) is 0.323. The van der Waals surface area contributed by atoms with Crippen LogP contribution in [0.25, 0.3) is 0 Å². The third kappa shape index (κ3) is 19.1. The molecule has 8 heavy (non-hydrogen) atoms. The van der Waals surface area contributed by atoms with Crippen LogP contribution in [0.4, 0.5) is 0 Å². The molecule has 1 fully saturated rings. The molecule has 0 aromatic carbocycles. The number of epoxide rings is 1. The Morgan fingerprint density at radius 2 is 2.00 bits per heavy atom. The van der Waals surface area contributed by atoms with E-state index in [0.717, 1.165) is 19.3 Å². The Morgan fingerprint density at radius 3 is 2.00 bits per heavy atom. The molecule has 3 nitrogen and oxygen atoms in total. The molecule has 0 spiro atoms. The minimum Gasteiger partial charge on any atom is -0.545 e. The average Bonchev–Trinajstić information content (AvgIpc) is 2.48. The summed E-state index contributed by atoms with van der Waals surface area (Å²) in [4.78, 5) is 9.14. The lowest BCUT2D eigenvalue weighted by Gasteiger charge is -1.81. The van der Waals surface area contributed by atoms with Gasteiger partial charge in [0.25, 0.3) is 0 Å². The molecule has 0 aliphatic carbocycles. The number of hydrogen-bond donors (Lipinski definition) is 0. The zero-order valence-electron chi connectivity index (χ0n) is 4.42. The minimum absolute atomic E-state index is 0.722. The van der Waals surface area contributed by atoms with E-state index >= 15 is 0 Å². The molecular weight excluding hydrogens is 108 g/mol. The Labute approximate surface area is 47.6 Å². The number of ether oxygens (including phenoxy) is 1. The van der Waals surface area contributed by atoms with Crippen molar-refractivity contribution < 1.29 is 14.6 Å². The van der Waals surface area contributed by atoms with Gasteiger partial charge in [-0.1, -0.05) is 6.58 Å². The van der Waals surface area contributed by atoms with Gasteiger partial charge in [0.05, 0.1) is 19.2 Å². The van der Waals surface area contributed by atoms with Gasteiger partial charge in [-0.2, -0.15) is 0 Å². The lowest BCUT2D eigenvalue weighted by molar-refractivity contribution is -0.297. The van der Waals surface area contributed by atoms with Crippen LogP contribution in [0.3, 0.4) is 0 Å². The summed E-state index contributed by atoms with van der Waals surface area (Å²) in [5.74, 6) is -1.23. The summed E-state index contributed by atoms with van der Waals surface area (Å²) in [6, 6.07) is 0. The molecule has 1 rings (SSSR count). The van der Waals surface area contributed by atoms with Crippen LogP contribution in [0.1, 0.15) is 0 Å². The van der Waals surface area contributed by atoms with E-state index in [2.05, 4.69) is 11.3 Å². The van der Waals surface area contributed by atoms with E-state index in [1.165, 1.54) is 0 Å². The molecule has 0 radical (unpaired) electrons. The van der Waals surface area contributed by atoms with Gasteiger partial charge in [-0.05, 0) is 6.08 Å². The molecule has 0 bridgehead atoms. The fourth-order valence-corrected chi connectivity index (χ4v) is 0. The number of carbonyl (C=O) groups is 1. The van der Waals surface area contributed by atoms with Gasteiger partial charge in [-0.3, -0.25) is 0 Å². The molecule has 0 saturated carbocycles. The highest BCUT2D eigenvalue weighted by molar-refractivity contribution is 5.76. The van der Waals surface area contributed by atoms with E-state index in [-0.39, 0.29) is 0 Å².